The second kappa shape index (κ2) is 11.6. The molecule has 3 aromatic rings. The highest BCUT2D eigenvalue weighted by Gasteiger charge is 2.49. The number of ether oxygens (including phenoxy) is 2. The lowest BCUT2D eigenvalue weighted by Crippen LogP contribution is -2.53. The molecule has 3 N–H and O–H groups in total. The molecule has 3 fully saturated rings. The predicted octanol–water partition coefficient (Wildman–Crippen LogP) is 5.32. The Hall–Kier alpha value is -2.85. The highest BCUT2D eigenvalue weighted by molar-refractivity contribution is 7.13. The molecule has 7 rings (SSSR count). The van der Waals surface area contributed by atoms with E-state index in [1.807, 2.05) is 29.8 Å². The number of aliphatic hydroxyl groups excluding tert-OH is 1. The van der Waals surface area contributed by atoms with Crippen molar-refractivity contribution in [2.75, 3.05) is 13.2 Å². The van der Waals surface area contributed by atoms with E-state index in [9.17, 15) is 9.90 Å². The molecule has 8 nitrogen and oxygen atoms in total. The van der Waals surface area contributed by atoms with Gasteiger partial charge < -0.3 is 25.2 Å². The van der Waals surface area contributed by atoms with Crippen molar-refractivity contribution in [1.29, 1.82) is 0 Å². The summed E-state index contributed by atoms with van der Waals surface area (Å²) >= 11 is 1.60. The van der Waals surface area contributed by atoms with E-state index in [-0.39, 0.29) is 17.6 Å². The Morgan fingerprint density at radius 2 is 2.05 bits per heavy atom. The second-order valence-corrected chi connectivity index (χ2v) is 14.5. The summed E-state index contributed by atoms with van der Waals surface area (Å²) in [6.45, 7) is 5.55. The number of hydrogen-bond donors (Lipinski definition) is 3. The van der Waals surface area contributed by atoms with Gasteiger partial charge in [0.05, 0.1) is 12.1 Å². The van der Waals surface area contributed by atoms with Crippen LogP contribution in [0.15, 0.2) is 48.1 Å². The SMILES string of the molecule is CC1(C)C[C@H]1c1cnc2c(c1)[C@@H](NC[C@H](O)[C@H](Cc1cccc(-c3nccs3)c1)NC(=O)[C@H]1CCCO1)CC1(CCC1)O2. The summed E-state index contributed by atoms with van der Waals surface area (Å²) in [6.07, 6.45) is 9.87. The standard InChI is InChI=1S/C34H42N4O4S/c1-33(2)17-25(33)23-16-24-27(18-34(9-5-10-34)42-31(24)37-19-23)36-20-28(39)26(38-30(40)29-8-4-12-41-29)15-21-6-3-7-22(14-21)32-35-11-13-43-32/h3,6-7,11,13-14,16,19,25-29,36,39H,4-5,8-10,12,15,17-18,20H2,1-2H3,(H,38,40)/t25-,26-,27-,28-,29+/m0/s1. The smallest absolute Gasteiger partial charge is 0.249 e. The fraction of sp³-hybridized carbons (Fsp3) is 0.559. The van der Waals surface area contributed by atoms with Gasteiger partial charge in [-0.3, -0.25) is 4.79 Å². The van der Waals surface area contributed by atoms with Crippen LogP contribution >= 0.6 is 11.3 Å². The molecular weight excluding hydrogens is 560 g/mol. The number of rotatable bonds is 10. The number of carbonyl (C=O) groups is 1. The van der Waals surface area contributed by atoms with Crippen LogP contribution in [0.25, 0.3) is 10.6 Å². The summed E-state index contributed by atoms with van der Waals surface area (Å²) in [4.78, 5) is 22.4. The van der Waals surface area contributed by atoms with Crippen LogP contribution < -0.4 is 15.4 Å². The third-order valence-corrected chi connectivity index (χ3v) is 10.8. The van der Waals surface area contributed by atoms with E-state index in [1.165, 1.54) is 12.0 Å². The molecule has 43 heavy (non-hydrogen) atoms. The molecule has 5 atom stereocenters. The number of amides is 1. The van der Waals surface area contributed by atoms with Crippen LogP contribution in [-0.2, 0) is 16.0 Å². The average Bonchev–Trinajstić information content (AvgIpc) is 3.44. The maximum Gasteiger partial charge on any atom is 0.249 e. The Kier molecular flexibility index (Phi) is 7.78. The summed E-state index contributed by atoms with van der Waals surface area (Å²) in [5, 5.41) is 21.4. The topological polar surface area (TPSA) is 106 Å². The Morgan fingerprint density at radius 1 is 1.19 bits per heavy atom. The van der Waals surface area contributed by atoms with E-state index < -0.39 is 18.2 Å². The molecule has 1 amide bonds. The summed E-state index contributed by atoms with van der Waals surface area (Å²) in [6, 6.07) is 10.0. The number of hydrogen-bond acceptors (Lipinski definition) is 8. The minimum Gasteiger partial charge on any atom is -0.471 e. The first kappa shape index (κ1) is 28.9. The van der Waals surface area contributed by atoms with Gasteiger partial charge in [-0.1, -0.05) is 32.0 Å². The Bertz CT molecular complexity index is 1450. The maximum atomic E-state index is 13.2. The Balaban J connectivity index is 1.10. The Morgan fingerprint density at radius 3 is 2.74 bits per heavy atom. The second-order valence-electron chi connectivity index (χ2n) is 13.6. The van der Waals surface area contributed by atoms with Gasteiger partial charge in [-0.15, -0.1) is 11.3 Å². The lowest BCUT2D eigenvalue weighted by molar-refractivity contribution is -0.131. The molecular formula is C34H42N4O4S. The predicted molar refractivity (Wildman–Crippen MR) is 166 cm³/mol. The maximum absolute atomic E-state index is 13.2. The highest BCUT2D eigenvalue weighted by atomic mass is 32.1. The van der Waals surface area contributed by atoms with E-state index in [0.717, 1.165) is 59.7 Å². The van der Waals surface area contributed by atoms with Crippen molar-refractivity contribution < 1.29 is 19.4 Å². The minimum absolute atomic E-state index is 0.0239. The van der Waals surface area contributed by atoms with Crippen molar-refractivity contribution in [1.82, 2.24) is 20.6 Å². The van der Waals surface area contributed by atoms with Crippen LogP contribution in [0.3, 0.4) is 0 Å². The van der Waals surface area contributed by atoms with E-state index in [4.69, 9.17) is 14.5 Å². The molecule has 1 saturated heterocycles. The third-order valence-electron chi connectivity index (χ3n) is 9.99. The zero-order chi connectivity index (χ0) is 29.6. The fourth-order valence-electron chi connectivity index (χ4n) is 7.04. The number of nitrogens with one attached hydrogen (secondary N) is 2. The number of benzene rings is 1. The molecule has 228 valence electrons. The molecule has 4 aliphatic rings. The number of pyridine rings is 1. The Labute approximate surface area is 257 Å². The van der Waals surface area contributed by atoms with Crippen LogP contribution in [0.1, 0.15) is 87.4 Å². The lowest BCUT2D eigenvalue weighted by atomic mass is 9.73. The van der Waals surface area contributed by atoms with Crippen molar-refractivity contribution in [2.45, 2.75) is 101 Å². The molecule has 2 aromatic heterocycles. The first-order chi connectivity index (χ1) is 20.8. The van der Waals surface area contributed by atoms with Gasteiger partial charge in [-0.25, -0.2) is 9.97 Å². The van der Waals surface area contributed by atoms with E-state index in [2.05, 4.69) is 41.6 Å². The molecule has 2 saturated carbocycles. The molecule has 9 heteroatoms. The molecule has 4 heterocycles. The first-order valence-corrected chi connectivity index (χ1v) is 16.7. The number of aromatic nitrogens is 2. The fourth-order valence-corrected chi connectivity index (χ4v) is 7.67. The van der Waals surface area contributed by atoms with Gasteiger partial charge in [-0.05, 0) is 79.5 Å². The first-order valence-electron chi connectivity index (χ1n) is 15.8. The number of thiazole rings is 1. The van der Waals surface area contributed by atoms with Crippen molar-refractivity contribution in [3.63, 3.8) is 0 Å². The van der Waals surface area contributed by atoms with Crippen LogP contribution in [0.5, 0.6) is 5.88 Å². The van der Waals surface area contributed by atoms with Gasteiger partial charge in [0.2, 0.25) is 11.8 Å². The molecule has 2 aliphatic carbocycles. The van der Waals surface area contributed by atoms with Crippen LogP contribution in [0.2, 0.25) is 0 Å². The third kappa shape index (κ3) is 6.10. The van der Waals surface area contributed by atoms with Crippen molar-refractivity contribution in [2.24, 2.45) is 5.41 Å². The van der Waals surface area contributed by atoms with Gasteiger partial charge in [0.1, 0.15) is 16.7 Å². The van der Waals surface area contributed by atoms with E-state index in [0.29, 0.717) is 37.3 Å². The van der Waals surface area contributed by atoms with Gasteiger partial charge in [0, 0.05) is 54.5 Å². The lowest BCUT2D eigenvalue weighted by Gasteiger charge is -2.47. The monoisotopic (exact) mass is 602 g/mol. The molecule has 1 spiro atoms. The van der Waals surface area contributed by atoms with Crippen LogP contribution in [-0.4, -0.2) is 58.0 Å². The van der Waals surface area contributed by atoms with Crippen LogP contribution in [0.4, 0.5) is 0 Å². The number of carbonyl (C=O) groups excluding carboxylic acids is 1. The van der Waals surface area contributed by atoms with Gasteiger partial charge in [0.25, 0.3) is 0 Å². The van der Waals surface area contributed by atoms with Crippen molar-refractivity contribution in [3.05, 3.63) is 64.8 Å². The van der Waals surface area contributed by atoms with Crippen molar-refractivity contribution in [3.8, 4) is 16.5 Å². The summed E-state index contributed by atoms with van der Waals surface area (Å²) in [5.74, 6) is 1.10. The quantitative estimate of drug-likeness (QED) is 0.288. The molecule has 2 aliphatic heterocycles. The molecule has 1 aromatic carbocycles. The van der Waals surface area contributed by atoms with E-state index in [1.54, 1.807) is 17.5 Å². The zero-order valence-corrected chi connectivity index (χ0v) is 25.9. The average molecular weight is 603 g/mol. The largest absolute Gasteiger partial charge is 0.471 e. The minimum atomic E-state index is -0.809. The van der Waals surface area contributed by atoms with E-state index >= 15 is 0 Å². The molecule has 0 radical (unpaired) electrons. The van der Waals surface area contributed by atoms with Gasteiger partial charge in [-0.2, -0.15) is 0 Å². The number of fused-ring (bicyclic) bond motifs is 1. The van der Waals surface area contributed by atoms with Crippen LogP contribution in [0, 0.1) is 5.41 Å². The summed E-state index contributed by atoms with van der Waals surface area (Å²) in [7, 11) is 0. The normalized spacial score (nSPS) is 26.2. The summed E-state index contributed by atoms with van der Waals surface area (Å²) < 4.78 is 12.2. The van der Waals surface area contributed by atoms with Crippen molar-refractivity contribution >= 4 is 17.2 Å². The van der Waals surface area contributed by atoms with Gasteiger partial charge in [0.15, 0.2) is 0 Å². The van der Waals surface area contributed by atoms with Gasteiger partial charge >= 0.3 is 0 Å². The summed E-state index contributed by atoms with van der Waals surface area (Å²) in [5.41, 5.74) is 4.57. The molecule has 0 bridgehead atoms. The number of aliphatic hydroxyl groups is 1. The molecule has 0 unspecified atom stereocenters. The number of nitrogens with zero attached hydrogens (tertiary/aromatic N) is 2. The zero-order valence-electron chi connectivity index (χ0n) is 25.1. The highest BCUT2D eigenvalue weighted by Crippen LogP contribution is 2.59.